The van der Waals surface area contributed by atoms with Gasteiger partial charge >= 0.3 is 0 Å². The number of benzene rings is 1. The lowest BCUT2D eigenvalue weighted by Gasteiger charge is -2.00. The van der Waals surface area contributed by atoms with Crippen molar-refractivity contribution in [2.75, 3.05) is 5.32 Å². The maximum Gasteiger partial charge on any atom is 0.243 e. The molecule has 1 atom stereocenters. The SMILES string of the molecule is C[C@H](Cl)C(=O)Nc1nnc(CCCc2ccccc2)s1. The Morgan fingerprint density at radius 1 is 1.30 bits per heavy atom. The molecule has 0 saturated heterocycles. The Morgan fingerprint density at radius 3 is 2.75 bits per heavy atom. The molecule has 2 rings (SSSR count). The van der Waals surface area contributed by atoms with E-state index in [9.17, 15) is 4.79 Å². The number of amides is 1. The van der Waals surface area contributed by atoms with Gasteiger partial charge in [-0.05, 0) is 25.3 Å². The zero-order valence-electron chi connectivity index (χ0n) is 11.2. The van der Waals surface area contributed by atoms with E-state index in [2.05, 4.69) is 27.6 Å². The number of hydrogen-bond acceptors (Lipinski definition) is 4. The first kappa shape index (κ1) is 14.9. The van der Waals surface area contributed by atoms with E-state index < -0.39 is 5.38 Å². The lowest BCUT2D eigenvalue weighted by atomic mass is 10.1. The maximum atomic E-state index is 11.4. The molecule has 0 saturated carbocycles. The molecule has 0 radical (unpaired) electrons. The molecular weight excluding hydrogens is 294 g/mol. The summed E-state index contributed by atoms with van der Waals surface area (Å²) in [5.74, 6) is -0.251. The minimum Gasteiger partial charge on any atom is -0.299 e. The van der Waals surface area contributed by atoms with Crippen molar-refractivity contribution < 1.29 is 4.79 Å². The van der Waals surface area contributed by atoms with Crippen LogP contribution in [0.2, 0.25) is 0 Å². The van der Waals surface area contributed by atoms with E-state index in [-0.39, 0.29) is 5.91 Å². The van der Waals surface area contributed by atoms with Crippen molar-refractivity contribution in [3.8, 4) is 0 Å². The minimum atomic E-state index is -0.569. The van der Waals surface area contributed by atoms with Crippen LogP contribution in [0.1, 0.15) is 23.9 Å². The Bertz CT molecular complexity index is 557. The van der Waals surface area contributed by atoms with E-state index in [0.717, 1.165) is 24.3 Å². The molecule has 0 aliphatic carbocycles. The van der Waals surface area contributed by atoms with Crippen LogP contribution in [-0.4, -0.2) is 21.5 Å². The van der Waals surface area contributed by atoms with Crippen molar-refractivity contribution in [3.63, 3.8) is 0 Å². The van der Waals surface area contributed by atoms with E-state index in [1.165, 1.54) is 16.9 Å². The summed E-state index contributed by atoms with van der Waals surface area (Å²) >= 11 is 7.08. The van der Waals surface area contributed by atoms with E-state index in [1.807, 2.05) is 18.2 Å². The highest BCUT2D eigenvalue weighted by molar-refractivity contribution is 7.15. The van der Waals surface area contributed by atoms with Gasteiger partial charge in [-0.25, -0.2) is 0 Å². The summed E-state index contributed by atoms with van der Waals surface area (Å²) in [6.07, 6.45) is 2.89. The van der Waals surface area contributed by atoms with Crippen LogP contribution in [-0.2, 0) is 17.6 Å². The first-order valence-electron chi connectivity index (χ1n) is 6.46. The molecule has 4 nitrogen and oxygen atoms in total. The van der Waals surface area contributed by atoms with Crippen LogP contribution in [0.3, 0.4) is 0 Å². The van der Waals surface area contributed by atoms with Crippen LogP contribution in [0.15, 0.2) is 30.3 Å². The molecule has 0 aliphatic heterocycles. The number of carbonyl (C=O) groups is 1. The largest absolute Gasteiger partial charge is 0.299 e. The second-order valence-corrected chi connectivity index (χ2v) is 6.16. The summed E-state index contributed by atoms with van der Waals surface area (Å²) in [7, 11) is 0. The standard InChI is InChI=1S/C14H16ClN3OS/c1-10(15)13(19)16-14-18-17-12(20-14)9-5-8-11-6-3-2-4-7-11/h2-4,6-7,10H,5,8-9H2,1H3,(H,16,18,19)/t10-/m0/s1. The number of anilines is 1. The minimum absolute atomic E-state index is 0.251. The topological polar surface area (TPSA) is 54.9 Å². The van der Waals surface area contributed by atoms with E-state index in [0.29, 0.717) is 5.13 Å². The molecule has 1 N–H and O–H groups in total. The fourth-order valence-corrected chi connectivity index (χ4v) is 2.54. The molecule has 0 aliphatic rings. The van der Waals surface area contributed by atoms with Crippen molar-refractivity contribution in [1.29, 1.82) is 0 Å². The van der Waals surface area contributed by atoms with Crippen LogP contribution < -0.4 is 5.32 Å². The molecular formula is C14H16ClN3OS. The molecule has 1 aromatic heterocycles. The van der Waals surface area contributed by atoms with Crippen LogP contribution in [0.25, 0.3) is 0 Å². The lowest BCUT2D eigenvalue weighted by Crippen LogP contribution is -2.20. The van der Waals surface area contributed by atoms with Crippen molar-refractivity contribution in [3.05, 3.63) is 40.9 Å². The predicted octanol–water partition coefficient (Wildman–Crippen LogP) is 3.28. The molecule has 20 heavy (non-hydrogen) atoms. The van der Waals surface area contributed by atoms with E-state index in [4.69, 9.17) is 11.6 Å². The highest BCUT2D eigenvalue weighted by Crippen LogP contribution is 2.18. The first-order valence-corrected chi connectivity index (χ1v) is 7.71. The van der Waals surface area contributed by atoms with Gasteiger partial charge in [0.15, 0.2) is 0 Å². The van der Waals surface area contributed by atoms with Crippen molar-refractivity contribution in [1.82, 2.24) is 10.2 Å². The number of carbonyl (C=O) groups excluding carboxylic acids is 1. The van der Waals surface area contributed by atoms with Gasteiger partial charge in [0.1, 0.15) is 10.4 Å². The highest BCUT2D eigenvalue weighted by atomic mass is 35.5. The van der Waals surface area contributed by atoms with Crippen molar-refractivity contribution in [2.24, 2.45) is 0 Å². The Hall–Kier alpha value is -1.46. The van der Waals surface area contributed by atoms with Crippen LogP contribution in [0.5, 0.6) is 0 Å². The molecule has 1 amide bonds. The van der Waals surface area contributed by atoms with Gasteiger partial charge in [-0.1, -0.05) is 41.7 Å². The number of alkyl halides is 1. The second kappa shape index (κ2) is 7.36. The number of nitrogens with zero attached hydrogens (tertiary/aromatic N) is 2. The average molecular weight is 310 g/mol. The summed E-state index contributed by atoms with van der Waals surface area (Å²) in [6.45, 7) is 1.62. The van der Waals surface area contributed by atoms with Gasteiger partial charge in [-0.2, -0.15) is 0 Å². The molecule has 0 spiro atoms. The summed E-state index contributed by atoms with van der Waals surface area (Å²) in [5.41, 5.74) is 1.32. The summed E-state index contributed by atoms with van der Waals surface area (Å²) < 4.78 is 0. The van der Waals surface area contributed by atoms with Gasteiger partial charge in [0.05, 0.1) is 0 Å². The normalized spacial score (nSPS) is 12.1. The van der Waals surface area contributed by atoms with Gasteiger partial charge in [-0.3, -0.25) is 10.1 Å². The second-order valence-electron chi connectivity index (χ2n) is 4.45. The van der Waals surface area contributed by atoms with Gasteiger partial charge in [0.25, 0.3) is 0 Å². The third-order valence-electron chi connectivity index (χ3n) is 2.76. The molecule has 1 heterocycles. The number of hydrogen-bond donors (Lipinski definition) is 1. The van der Waals surface area contributed by atoms with Crippen LogP contribution in [0, 0.1) is 0 Å². The zero-order chi connectivity index (χ0) is 14.4. The fraction of sp³-hybridized carbons (Fsp3) is 0.357. The summed E-state index contributed by atoms with van der Waals surface area (Å²) in [4.78, 5) is 11.4. The van der Waals surface area contributed by atoms with Crippen molar-refractivity contribution >= 4 is 34.0 Å². The Balaban J connectivity index is 1.80. The molecule has 1 aromatic carbocycles. The van der Waals surface area contributed by atoms with Crippen LogP contribution in [0.4, 0.5) is 5.13 Å². The molecule has 2 aromatic rings. The average Bonchev–Trinajstić information content (AvgIpc) is 2.87. The lowest BCUT2D eigenvalue weighted by molar-refractivity contribution is -0.115. The first-order chi connectivity index (χ1) is 9.65. The third-order valence-corrected chi connectivity index (χ3v) is 3.85. The molecule has 0 fully saturated rings. The van der Waals surface area contributed by atoms with Gasteiger partial charge in [0.2, 0.25) is 11.0 Å². The summed E-state index contributed by atoms with van der Waals surface area (Å²) in [6, 6.07) is 10.3. The predicted molar refractivity (Wildman–Crippen MR) is 82.3 cm³/mol. The maximum absolute atomic E-state index is 11.4. The molecule has 6 heteroatoms. The quantitative estimate of drug-likeness (QED) is 0.833. The number of nitrogens with one attached hydrogen (secondary N) is 1. The number of aromatic nitrogens is 2. The smallest absolute Gasteiger partial charge is 0.243 e. The Labute approximate surface area is 127 Å². The molecule has 0 unspecified atom stereocenters. The number of rotatable bonds is 6. The van der Waals surface area contributed by atoms with Crippen LogP contribution >= 0.6 is 22.9 Å². The van der Waals surface area contributed by atoms with Gasteiger partial charge < -0.3 is 0 Å². The fourth-order valence-electron chi connectivity index (χ4n) is 1.70. The molecule has 0 bridgehead atoms. The van der Waals surface area contributed by atoms with Gasteiger partial charge in [0, 0.05) is 6.42 Å². The van der Waals surface area contributed by atoms with Gasteiger partial charge in [-0.15, -0.1) is 21.8 Å². The monoisotopic (exact) mass is 309 g/mol. The third kappa shape index (κ3) is 4.58. The molecule has 106 valence electrons. The van der Waals surface area contributed by atoms with Crippen molar-refractivity contribution in [2.45, 2.75) is 31.6 Å². The van der Waals surface area contributed by atoms with E-state index >= 15 is 0 Å². The summed E-state index contributed by atoms with van der Waals surface area (Å²) in [5, 5.41) is 11.5. The number of halogens is 1. The Morgan fingerprint density at radius 2 is 2.05 bits per heavy atom. The zero-order valence-corrected chi connectivity index (χ0v) is 12.7. The Kier molecular flexibility index (Phi) is 5.49. The van der Waals surface area contributed by atoms with E-state index in [1.54, 1.807) is 6.92 Å². The highest BCUT2D eigenvalue weighted by Gasteiger charge is 2.12. The number of aryl methyl sites for hydroxylation is 2.